The average Bonchev–Trinajstić information content (AvgIpc) is 3.94. The second-order valence-electron chi connectivity index (χ2n) is 18.4. The van der Waals surface area contributed by atoms with E-state index in [-0.39, 0.29) is 0 Å². The van der Waals surface area contributed by atoms with Gasteiger partial charge in [0.2, 0.25) is 0 Å². The van der Waals surface area contributed by atoms with Gasteiger partial charge >= 0.3 is 0 Å². The van der Waals surface area contributed by atoms with E-state index in [9.17, 15) is 0 Å². The first-order valence-electron chi connectivity index (χ1n) is 23.8. The number of rotatable bonds is 5. The Bertz CT molecular complexity index is 4660. The maximum Gasteiger partial charge on any atom is 0.164 e. The van der Waals surface area contributed by atoms with Gasteiger partial charge in [-0.05, 0) is 97.7 Å². The van der Waals surface area contributed by atoms with Crippen molar-refractivity contribution >= 4 is 97.5 Å². The molecule has 0 aliphatic carbocycles. The zero-order valence-corrected chi connectivity index (χ0v) is 37.8. The van der Waals surface area contributed by atoms with Gasteiger partial charge in [-0.1, -0.05) is 182 Å². The molecule has 15 rings (SSSR count). The van der Waals surface area contributed by atoms with Gasteiger partial charge in [0.15, 0.2) is 17.5 Å². The summed E-state index contributed by atoms with van der Waals surface area (Å²) in [6, 6.07) is 85.3. The normalized spacial score (nSPS) is 12.0. The van der Waals surface area contributed by atoms with Gasteiger partial charge in [0.05, 0.1) is 27.8 Å². The molecule has 0 aliphatic rings. The molecular weight excluding hydrogens is 851 g/mol. The molecule has 0 fully saturated rings. The summed E-state index contributed by atoms with van der Waals surface area (Å²) in [7, 11) is 0. The lowest BCUT2D eigenvalue weighted by Gasteiger charge is -2.14. The molecule has 0 saturated carbocycles. The molecular formula is C65H39N5. The van der Waals surface area contributed by atoms with Crippen molar-refractivity contribution in [3.63, 3.8) is 0 Å². The van der Waals surface area contributed by atoms with E-state index in [0.29, 0.717) is 17.5 Å². The molecule has 3 aromatic heterocycles. The Balaban J connectivity index is 0.903. The minimum absolute atomic E-state index is 0.633. The highest BCUT2D eigenvalue weighted by atomic mass is 15.0. The van der Waals surface area contributed by atoms with Crippen LogP contribution in [-0.4, -0.2) is 24.1 Å². The lowest BCUT2D eigenvalue weighted by Crippen LogP contribution is -2.01. The first-order valence-corrected chi connectivity index (χ1v) is 23.8. The zero-order chi connectivity index (χ0) is 45.9. The maximum absolute atomic E-state index is 5.26. The fourth-order valence-corrected chi connectivity index (χ4v) is 11.3. The summed E-state index contributed by atoms with van der Waals surface area (Å²) in [5, 5.41) is 16.7. The summed E-state index contributed by atoms with van der Waals surface area (Å²) >= 11 is 0. The van der Waals surface area contributed by atoms with Crippen molar-refractivity contribution in [2.75, 3.05) is 0 Å². The molecule has 70 heavy (non-hydrogen) atoms. The summed E-state index contributed by atoms with van der Waals surface area (Å²) in [4.78, 5) is 15.6. The van der Waals surface area contributed by atoms with Crippen LogP contribution in [0.3, 0.4) is 0 Å². The van der Waals surface area contributed by atoms with Gasteiger partial charge in [-0.25, -0.2) is 15.0 Å². The Hall–Kier alpha value is -9.45. The first-order chi connectivity index (χ1) is 34.7. The van der Waals surface area contributed by atoms with Gasteiger partial charge in [-0.2, -0.15) is 0 Å². The summed E-state index contributed by atoms with van der Waals surface area (Å²) in [5.74, 6) is 1.92. The topological polar surface area (TPSA) is 48.5 Å². The van der Waals surface area contributed by atoms with Crippen molar-refractivity contribution in [3.05, 3.63) is 237 Å². The lowest BCUT2D eigenvalue weighted by atomic mass is 9.97. The van der Waals surface area contributed by atoms with Crippen LogP contribution in [0.15, 0.2) is 237 Å². The number of nitrogens with zero attached hydrogens (tertiary/aromatic N) is 5. The molecule has 0 atom stereocenters. The molecule has 0 unspecified atom stereocenters. The second kappa shape index (κ2) is 15.0. The van der Waals surface area contributed by atoms with Crippen molar-refractivity contribution in [1.82, 2.24) is 24.1 Å². The van der Waals surface area contributed by atoms with Crippen molar-refractivity contribution in [1.29, 1.82) is 0 Å². The third-order valence-electron chi connectivity index (χ3n) is 14.5. The molecule has 15 aromatic rings. The van der Waals surface area contributed by atoms with Crippen molar-refractivity contribution in [3.8, 4) is 45.5 Å². The molecule has 5 heteroatoms. The van der Waals surface area contributed by atoms with Crippen molar-refractivity contribution in [2.24, 2.45) is 0 Å². The Morgan fingerprint density at radius 1 is 0.257 bits per heavy atom. The molecule has 0 radical (unpaired) electrons. The van der Waals surface area contributed by atoms with Gasteiger partial charge in [-0.3, -0.25) is 0 Å². The van der Waals surface area contributed by atoms with Crippen LogP contribution in [0, 0.1) is 0 Å². The van der Waals surface area contributed by atoms with Crippen LogP contribution in [0.5, 0.6) is 0 Å². The molecule has 324 valence electrons. The summed E-state index contributed by atoms with van der Waals surface area (Å²) in [6.07, 6.45) is 0. The van der Waals surface area contributed by atoms with Crippen molar-refractivity contribution in [2.45, 2.75) is 0 Å². The van der Waals surface area contributed by atoms with E-state index in [0.717, 1.165) is 55.1 Å². The molecule has 12 aromatic carbocycles. The molecule has 3 heterocycles. The van der Waals surface area contributed by atoms with Crippen LogP contribution in [0.1, 0.15) is 0 Å². The fraction of sp³-hybridized carbons (Fsp3) is 0. The van der Waals surface area contributed by atoms with Crippen LogP contribution < -0.4 is 0 Å². The van der Waals surface area contributed by atoms with E-state index >= 15 is 0 Å². The smallest absolute Gasteiger partial charge is 0.164 e. The number of hydrogen-bond acceptors (Lipinski definition) is 3. The zero-order valence-electron chi connectivity index (χ0n) is 37.8. The molecule has 5 nitrogen and oxygen atoms in total. The third-order valence-corrected chi connectivity index (χ3v) is 14.5. The molecule has 0 bridgehead atoms. The molecule has 0 N–H and O–H groups in total. The predicted octanol–water partition coefficient (Wildman–Crippen LogP) is 16.8. The molecule has 0 amide bonds. The second-order valence-corrected chi connectivity index (χ2v) is 18.4. The summed E-state index contributed by atoms with van der Waals surface area (Å²) in [6.45, 7) is 0. The van der Waals surface area contributed by atoms with Crippen LogP contribution in [0.2, 0.25) is 0 Å². The van der Waals surface area contributed by atoms with E-state index in [1.807, 2.05) is 18.2 Å². The molecule has 0 saturated heterocycles. The Labute approximate surface area is 401 Å². The van der Waals surface area contributed by atoms with Crippen molar-refractivity contribution < 1.29 is 0 Å². The average molecular weight is 890 g/mol. The number of hydrogen-bond donors (Lipinski definition) is 0. The largest absolute Gasteiger partial charge is 0.309 e. The molecule has 0 spiro atoms. The third kappa shape index (κ3) is 5.82. The van der Waals surface area contributed by atoms with Gasteiger partial charge in [0, 0.05) is 54.7 Å². The Kier molecular flexibility index (Phi) is 8.29. The van der Waals surface area contributed by atoms with Crippen LogP contribution >= 0.6 is 0 Å². The van der Waals surface area contributed by atoms with E-state index in [2.05, 4.69) is 228 Å². The van der Waals surface area contributed by atoms with Gasteiger partial charge in [-0.15, -0.1) is 0 Å². The lowest BCUT2D eigenvalue weighted by molar-refractivity contribution is 1.08. The summed E-state index contributed by atoms with van der Waals surface area (Å²) < 4.78 is 4.93. The minimum Gasteiger partial charge on any atom is -0.309 e. The quantitative estimate of drug-likeness (QED) is 0.162. The number of aromatic nitrogens is 5. The van der Waals surface area contributed by atoms with E-state index < -0.39 is 0 Å². The predicted molar refractivity (Wildman–Crippen MR) is 292 cm³/mol. The van der Waals surface area contributed by atoms with E-state index in [1.54, 1.807) is 0 Å². The fourth-order valence-electron chi connectivity index (χ4n) is 11.3. The monoisotopic (exact) mass is 889 g/mol. The number of benzene rings is 12. The Morgan fingerprint density at radius 2 is 0.843 bits per heavy atom. The highest BCUT2D eigenvalue weighted by Crippen LogP contribution is 2.42. The Morgan fingerprint density at radius 3 is 1.67 bits per heavy atom. The maximum atomic E-state index is 5.26. The van der Waals surface area contributed by atoms with Gasteiger partial charge in [0.1, 0.15) is 0 Å². The van der Waals surface area contributed by atoms with Crippen LogP contribution in [0.4, 0.5) is 0 Å². The standard InChI is InChI=1S/C65H39N5/c1-2-16-41(17-3-1)63-66-64(68-65(67-63)57-38-44-18-5-6-20-48(44)50-22-8-9-23-51(50)57)46-30-29-43-36-47(33-31-42(43)35-46)69-58-26-12-11-25-53(58)56-37-45-19-14-28-60(55(45)39-61(56)69)70-59-27-13-10-24-52(59)54-34-32-40-15-4-7-21-49(40)62(54)70/h1-39H. The summed E-state index contributed by atoms with van der Waals surface area (Å²) in [5.41, 5.74) is 9.87. The SMILES string of the molecule is c1ccc(-c2nc(-c3ccc4cc(-n5c6ccccc6c6cc7cccc(-n8c9ccccc9c9ccc%10ccccc%10c98)c7cc65)ccc4c3)nc(-c3cc4ccccc4c4ccccc34)n2)cc1. The van der Waals surface area contributed by atoms with Crippen LogP contribution in [0.25, 0.3) is 143 Å². The van der Waals surface area contributed by atoms with Gasteiger partial charge < -0.3 is 9.13 Å². The highest BCUT2D eigenvalue weighted by molar-refractivity contribution is 6.21. The van der Waals surface area contributed by atoms with Crippen LogP contribution in [-0.2, 0) is 0 Å². The highest BCUT2D eigenvalue weighted by Gasteiger charge is 2.21. The molecule has 0 aliphatic heterocycles. The number of fused-ring (bicyclic) bond motifs is 13. The van der Waals surface area contributed by atoms with E-state index in [1.165, 1.54) is 70.4 Å². The number of para-hydroxylation sites is 2. The van der Waals surface area contributed by atoms with Gasteiger partial charge in [0.25, 0.3) is 0 Å². The first kappa shape index (κ1) is 38.6. The minimum atomic E-state index is 0.633. The van der Waals surface area contributed by atoms with E-state index in [4.69, 9.17) is 15.0 Å².